The summed E-state index contributed by atoms with van der Waals surface area (Å²) in [6.07, 6.45) is 3.59. The molecule has 0 fully saturated rings. The predicted molar refractivity (Wildman–Crippen MR) is 126 cm³/mol. The van der Waals surface area contributed by atoms with Crippen molar-refractivity contribution in [2.24, 2.45) is 5.92 Å². The minimum absolute atomic E-state index is 0.110. The molecule has 0 aliphatic heterocycles. The minimum Gasteiger partial charge on any atom is -0.444 e. The molecule has 0 aliphatic carbocycles. The molecule has 2 amide bonds. The van der Waals surface area contributed by atoms with Crippen LogP contribution in [0.15, 0.2) is 0 Å². The standard InChI is InChI=1S/C24H46N2O6/c1-7-21(27)12-13-22(15-26-23(28)8-2)32-24(29)25-14-10-9-11-20(16-30-18(3)4)17-31-19(5)6/h18-20,22H,7-17H2,1-6H3,(H,25,29)(H,26,28). The first-order valence-electron chi connectivity index (χ1n) is 12.1. The lowest BCUT2D eigenvalue weighted by Gasteiger charge is -2.20. The van der Waals surface area contributed by atoms with E-state index in [1.54, 1.807) is 13.8 Å². The molecule has 8 nitrogen and oxygen atoms in total. The molecule has 0 saturated carbocycles. The summed E-state index contributed by atoms with van der Waals surface area (Å²) in [7, 11) is 0. The Hall–Kier alpha value is -1.67. The second-order valence-corrected chi connectivity index (χ2v) is 8.67. The van der Waals surface area contributed by atoms with Crippen LogP contribution in [0.2, 0.25) is 0 Å². The van der Waals surface area contributed by atoms with Crippen molar-refractivity contribution < 1.29 is 28.6 Å². The Bertz CT molecular complexity index is 493. The molecular weight excluding hydrogens is 412 g/mol. The number of carbonyl (C=O) groups is 3. The zero-order valence-corrected chi connectivity index (χ0v) is 21.0. The third-order valence-electron chi connectivity index (χ3n) is 4.90. The summed E-state index contributed by atoms with van der Waals surface area (Å²) in [5.74, 6) is 0.325. The van der Waals surface area contributed by atoms with Gasteiger partial charge in [-0.25, -0.2) is 4.79 Å². The zero-order chi connectivity index (χ0) is 24.4. The highest BCUT2D eigenvalue weighted by atomic mass is 16.6. The van der Waals surface area contributed by atoms with E-state index >= 15 is 0 Å². The molecular formula is C24H46N2O6. The number of ketones is 1. The first kappa shape index (κ1) is 30.3. The minimum atomic E-state index is -0.522. The molecule has 2 N–H and O–H groups in total. The molecule has 0 rings (SSSR count). The van der Waals surface area contributed by atoms with Gasteiger partial charge in [0.25, 0.3) is 0 Å². The van der Waals surface area contributed by atoms with Gasteiger partial charge in [-0.05, 0) is 47.0 Å². The number of hydrogen-bond donors (Lipinski definition) is 2. The van der Waals surface area contributed by atoms with Gasteiger partial charge < -0.3 is 24.8 Å². The van der Waals surface area contributed by atoms with Crippen molar-refractivity contribution in [3.05, 3.63) is 0 Å². The molecule has 0 aromatic rings. The van der Waals surface area contributed by atoms with Crippen LogP contribution in [-0.4, -0.2) is 62.4 Å². The van der Waals surface area contributed by atoms with E-state index in [1.807, 2.05) is 27.7 Å². The van der Waals surface area contributed by atoms with E-state index < -0.39 is 12.2 Å². The summed E-state index contributed by atoms with van der Waals surface area (Å²) in [5.41, 5.74) is 0. The summed E-state index contributed by atoms with van der Waals surface area (Å²) in [4.78, 5) is 35.3. The van der Waals surface area contributed by atoms with E-state index in [9.17, 15) is 14.4 Å². The van der Waals surface area contributed by atoms with Crippen LogP contribution in [0.25, 0.3) is 0 Å². The van der Waals surface area contributed by atoms with Gasteiger partial charge in [-0.2, -0.15) is 0 Å². The lowest BCUT2D eigenvalue weighted by Crippen LogP contribution is -2.38. The number of ether oxygens (including phenoxy) is 3. The summed E-state index contributed by atoms with van der Waals surface area (Å²) in [6.45, 7) is 13.7. The van der Waals surface area contributed by atoms with E-state index in [4.69, 9.17) is 14.2 Å². The average Bonchev–Trinajstić information content (AvgIpc) is 2.75. The smallest absolute Gasteiger partial charge is 0.407 e. The maximum Gasteiger partial charge on any atom is 0.407 e. The van der Waals surface area contributed by atoms with Gasteiger partial charge in [0.15, 0.2) is 0 Å². The highest BCUT2D eigenvalue weighted by Crippen LogP contribution is 2.12. The largest absolute Gasteiger partial charge is 0.444 e. The fourth-order valence-corrected chi connectivity index (χ4v) is 2.87. The molecule has 1 atom stereocenters. The zero-order valence-electron chi connectivity index (χ0n) is 21.0. The number of alkyl carbamates (subject to hydrolysis) is 1. The highest BCUT2D eigenvalue weighted by Gasteiger charge is 2.17. The van der Waals surface area contributed by atoms with Gasteiger partial charge in [0.1, 0.15) is 11.9 Å². The molecule has 0 aromatic heterocycles. The number of amides is 2. The number of nitrogens with one attached hydrogen (secondary N) is 2. The van der Waals surface area contributed by atoms with Crippen molar-refractivity contribution in [3.8, 4) is 0 Å². The maximum absolute atomic E-state index is 12.2. The van der Waals surface area contributed by atoms with Crippen LogP contribution in [0.3, 0.4) is 0 Å². The molecule has 0 radical (unpaired) electrons. The highest BCUT2D eigenvalue weighted by molar-refractivity contribution is 5.78. The maximum atomic E-state index is 12.2. The van der Waals surface area contributed by atoms with Crippen LogP contribution in [0.1, 0.15) is 86.5 Å². The molecule has 1 unspecified atom stereocenters. The predicted octanol–water partition coefficient (Wildman–Crippen LogP) is 4.00. The number of hydrogen-bond acceptors (Lipinski definition) is 6. The Labute approximate surface area is 194 Å². The Morgan fingerprint density at radius 1 is 0.812 bits per heavy atom. The summed E-state index contributed by atoms with van der Waals surface area (Å²) in [5, 5.41) is 5.50. The number of rotatable bonds is 19. The van der Waals surface area contributed by atoms with Crippen molar-refractivity contribution in [3.63, 3.8) is 0 Å². The fourth-order valence-electron chi connectivity index (χ4n) is 2.87. The van der Waals surface area contributed by atoms with Crippen molar-refractivity contribution >= 4 is 17.8 Å². The van der Waals surface area contributed by atoms with Crippen LogP contribution in [0, 0.1) is 5.92 Å². The van der Waals surface area contributed by atoms with Crippen LogP contribution in [-0.2, 0) is 23.8 Å². The molecule has 0 spiro atoms. The normalized spacial score (nSPS) is 12.3. The quantitative estimate of drug-likeness (QED) is 0.284. The van der Waals surface area contributed by atoms with E-state index in [1.165, 1.54) is 0 Å². The molecule has 0 aromatic carbocycles. The van der Waals surface area contributed by atoms with Crippen molar-refractivity contribution in [1.29, 1.82) is 0 Å². The second-order valence-electron chi connectivity index (χ2n) is 8.67. The van der Waals surface area contributed by atoms with Crippen LogP contribution >= 0.6 is 0 Å². The Morgan fingerprint density at radius 3 is 1.97 bits per heavy atom. The van der Waals surface area contributed by atoms with Gasteiger partial charge >= 0.3 is 6.09 Å². The SMILES string of the molecule is CCC(=O)CCC(CNC(=O)CC)OC(=O)NCCCCC(COC(C)C)COC(C)C. The number of unbranched alkanes of at least 4 members (excludes halogenated alkanes) is 1. The van der Waals surface area contributed by atoms with Crippen molar-refractivity contribution in [2.75, 3.05) is 26.3 Å². The van der Waals surface area contributed by atoms with E-state index in [0.29, 0.717) is 51.4 Å². The lowest BCUT2D eigenvalue weighted by molar-refractivity contribution is -0.121. The van der Waals surface area contributed by atoms with Crippen LogP contribution in [0.5, 0.6) is 0 Å². The van der Waals surface area contributed by atoms with Crippen molar-refractivity contribution in [1.82, 2.24) is 10.6 Å². The monoisotopic (exact) mass is 458 g/mol. The Morgan fingerprint density at radius 2 is 1.44 bits per heavy atom. The van der Waals surface area contributed by atoms with Gasteiger partial charge in [0.2, 0.25) is 5.91 Å². The fraction of sp³-hybridized carbons (Fsp3) is 0.875. The van der Waals surface area contributed by atoms with Gasteiger partial charge in [0, 0.05) is 31.7 Å². The first-order chi connectivity index (χ1) is 15.2. The van der Waals surface area contributed by atoms with Gasteiger partial charge in [-0.1, -0.05) is 20.3 Å². The number of Topliss-reactive ketones (excluding diaryl/α,β-unsaturated/α-hetero) is 1. The van der Waals surface area contributed by atoms with Gasteiger partial charge in [0.05, 0.1) is 32.0 Å². The van der Waals surface area contributed by atoms with Gasteiger partial charge in [-0.3, -0.25) is 9.59 Å². The topological polar surface area (TPSA) is 103 Å². The van der Waals surface area contributed by atoms with Crippen molar-refractivity contribution in [2.45, 2.75) is 105 Å². The summed E-state index contributed by atoms with van der Waals surface area (Å²) in [6, 6.07) is 0. The third kappa shape index (κ3) is 18.0. The lowest BCUT2D eigenvalue weighted by atomic mass is 10.0. The molecule has 8 heteroatoms. The summed E-state index contributed by atoms with van der Waals surface area (Å²) >= 11 is 0. The van der Waals surface area contributed by atoms with Gasteiger partial charge in [-0.15, -0.1) is 0 Å². The molecule has 32 heavy (non-hydrogen) atoms. The average molecular weight is 459 g/mol. The van der Waals surface area contributed by atoms with E-state index in [0.717, 1.165) is 19.3 Å². The van der Waals surface area contributed by atoms with Crippen LogP contribution < -0.4 is 10.6 Å². The Balaban J connectivity index is 4.32. The molecule has 0 aliphatic rings. The van der Waals surface area contributed by atoms with Crippen LogP contribution in [0.4, 0.5) is 4.79 Å². The molecule has 0 saturated heterocycles. The molecule has 0 bridgehead atoms. The molecule has 0 heterocycles. The third-order valence-corrected chi connectivity index (χ3v) is 4.90. The Kier molecular flexibility index (Phi) is 17.9. The van der Waals surface area contributed by atoms with E-state index in [-0.39, 0.29) is 30.4 Å². The van der Waals surface area contributed by atoms with E-state index in [2.05, 4.69) is 10.6 Å². The number of carbonyl (C=O) groups excluding carboxylic acids is 3. The second kappa shape index (κ2) is 18.9. The summed E-state index contributed by atoms with van der Waals surface area (Å²) < 4.78 is 16.9. The molecule has 188 valence electrons. The first-order valence-corrected chi connectivity index (χ1v) is 12.1.